The van der Waals surface area contributed by atoms with Gasteiger partial charge >= 0.3 is 0 Å². The van der Waals surface area contributed by atoms with E-state index in [1.165, 1.54) is 12.8 Å². The third-order valence-electron chi connectivity index (χ3n) is 2.79. The number of nitrogens with two attached hydrogens (primary N) is 1. The molecule has 1 saturated carbocycles. The zero-order valence-electron chi connectivity index (χ0n) is 9.53. The van der Waals surface area contributed by atoms with Crippen molar-refractivity contribution < 1.29 is 0 Å². The number of hydrogen-bond acceptors (Lipinski definition) is 4. The van der Waals surface area contributed by atoms with Crippen molar-refractivity contribution in [2.45, 2.75) is 32.7 Å². The van der Waals surface area contributed by atoms with Gasteiger partial charge < -0.3 is 11.1 Å². The molecule has 1 aliphatic rings. The molecular formula is C11H16N4S. The zero-order chi connectivity index (χ0) is 11.7. The van der Waals surface area contributed by atoms with Gasteiger partial charge in [-0.2, -0.15) is 0 Å². The molecule has 0 amide bonds. The lowest BCUT2D eigenvalue weighted by Crippen LogP contribution is -2.21. The molecule has 0 aliphatic heterocycles. The number of nitrogens with one attached hydrogen (secondary N) is 1. The lowest BCUT2D eigenvalue weighted by molar-refractivity contribution is 0.685. The van der Waals surface area contributed by atoms with E-state index in [4.69, 9.17) is 18.0 Å². The first-order valence-corrected chi connectivity index (χ1v) is 5.89. The van der Waals surface area contributed by atoms with Gasteiger partial charge in [0.25, 0.3) is 0 Å². The molecule has 1 atom stereocenters. The molecule has 1 heterocycles. The minimum atomic E-state index is 0.313. The average Bonchev–Trinajstić information content (AvgIpc) is 2.99. The second-order valence-electron chi connectivity index (χ2n) is 4.35. The number of anilines is 1. The van der Waals surface area contributed by atoms with Gasteiger partial charge in [-0.1, -0.05) is 12.2 Å². The van der Waals surface area contributed by atoms with Crippen molar-refractivity contribution in [3.63, 3.8) is 0 Å². The number of hydrogen-bond donors (Lipinski definition) is 2. The van der Waals surface area contributed by atoms with Gasteiger partial charge in [-0.15, -0.1) is 0 Å². The second-order valence-corrected chi connectivity index (χ2v) is 4.79. The molecule has 0 aromatic carbocycles. The summed E-state index contributed by atoms with van der Waals surface area (Å²) in [5.41, 5.74) is 7.08. The predicted octanol–water partition coefficient (Wildman–Crippen LogP) is 1.63. The average molecular weight is 236 g/mol. The van der Waals surface area contributed by atoms with Gasteiger partial charge in [-0.3, -0.25) is 0 Å². The highest BCUT2D eigenvalue weighted by Crippen LogP contribution is 2.33. The van der Waals surface area contributed by atoms with E-state index >= 15 is 0 Å². The van der Waals surface area contributed by atoms with Crippen LogP contribution in [0.25, 0.3) is 0 Å². The summed E-state index contributed by atoms with van der Waals surface area (Å²) >= 11 is 4.92. The summed E-state index contributed by atoms with van der Waals surface area (Å²) in [6, 6.07) is 2.22. The van der Waals surface area contributed by atoms with Crippen molar-refractivity contribution in [3.8, 4) is 0 Å². The molecule has 5 heteroatoms. The highest BCUT2D eigenvalue weighted by molar-refractivity contribution is 7.80. The first-order chi connectivity index (χ1) is 7.56. The van der Waals surface area contributed by atoms with E-state index < -0.39 is 0 Å². The van der Waals surface area contributed by atoms with Crippen molar-refractivity contribution in [3.05, 3.63) is 17.5 Å². The lowest BCUT2D eigenvalue weighted by Gasteiger charge is -2.13. The van der Waals surface area contributed by atoms with Gasteiger partial charge in [-0.05, 0) is 38.7 Å². The van der Waals surface area contributed by atoms with E-state index in [9.17, 15) is 0 Å². The van der Waals surface area contributed by atoms with Gasteiger partial charge in [0.05, 0.1) is 0 Å². The summed E-state index contributed by atoms with van der Waals surface area (Å²) in [7, 11) is 0. The van der Waals surface area contributed by atoms with Crippen molar-refractivity contribution in [1.29, 1.82) is 0 Å². The molecule has 1 unspecified atom stereocenters. The first-order valence-electron chi connectivity index (χ1n) is 5.48. The monoisotopic (exact) mass is 236 g/mol. The highest BCUT2D eigenvalue weighted by atomic mass is 32.1. The number of rotatable bonds is 4. The fourth-order valence-electron chi connectivity index (χ4n) is 1.68. The predicted molar refractivity (Wildman–Crippen MR) is 68.5 cm³/mol. The van der Waals surface area contributed by atoms with E-state index in [-0.39, 0.29) is 0 Å². The number of aromatic nitrogens is 2. The minimum Gasteiger partial charge on any atom is -0.388 e. The Hall–Kier alpha value is -1.23. The van der Waals surface area contributed by atoms with Crippen LogP contribution in [0.4, 0.5) is 5.95 Å². The molecule has 0 bridgehead atoms. The molecule has 0 spiro atoms. The Labute approximate surface area is 101 Å². The van der Waals surface area contributed by atoms with Crippen molar-refractivity contribution in [2.75, 3.05) is 5.32 Å². The Kier molecular flexibility index (Phi) is 3.05. The Morgan fingerprint density at radius 1 is 1.56 bits per heavy atom. The first kappa shape index (κ1) is 11.3. The molecule has 1 aromatic rings. The fourth-order valence-corrected chi connectivity index (χ4v) is 1.78. The topological polar surface area (TPSA) is 63.8 Å². The molecule has 86 valence electrons. The smallest absolute Gasteiger partial charge is 0.223 e. The Bertz CT molecular complexity index is 414. The largest absolute Gasteiger partial charge is 0.388 e. The van der Waals surface area contributed by atoms with Crippen molar-refractivity contribution >= 4 is 23.2 Å². The third kappa shape index (κ3) is 2.66. The summed E-state index contributed by atoms with van der Waals surface area (Å²) in [5, 5.41) is 3.30. The van der Waals surface area contributed by atoms with Crippen LogP contribution in [0.2, 0.25) is 0 Å². The fraction of sp³-hybridized carbons (Fsp3) is 0.545. The molecular weight excluding hydrogens is 220 g/mol. The summed E-state index contributed by atoms with van der Waals surface area (Å²) in [5.74, 6) is 1.39. The Morgan fingerprint density at radius 2 is 2.25 bits per heavy atom. The van der Waals surface area contributed by atoms with Crippen molar-refractivity contribution in [1.82, 2.24) is 9.97 Å². The number of aryl methyl sites for hydroxylation is 1. The standard InChI is InChI=1S/C11H16N4S/c1-6-5-9(10(12)16)15-11(13-6)14-7(2)8-3-4-8/h5,7-8H,3-4H2,1-2H3,(H2,12,16)(H,13,14,15). The SMILES string of the molecule is Cc1cc(C(N)=S)nc(NC(C)C2CC2)n1. The van der Waals surface area contributed by atoms with Crippen LogP contribution in [0.5, 0.6) is 0 Å². The zero-order valence-corrected chi connectivity index (χ0v) is 10.3. The van der Waals surface area contributed by atoms with Crippen LogP contribution >= 0.6 is 12.2 Å². The summed E-state index contributed by atoms with van der Waals surface area (Å²) in [4.78, 5) is 8.94. The molecule has 16 heavy (non-hydrogen) atoms. The molecule has 0 saturated heterocycles. The van der Waals surface area contributed by atoms with Gasteiger partial charge in [0.1, 0.15) is 10.7 Å². The number of nitrogens with zero attached hydrogens (tertiary/aromatic N) is 2. The van der Waals surface area contributed by atoms with Crippen LogP contribution in [0.15, 0.2) is 6.07 Å². The molecule has 1 aromatic heterocycles. The quantitative estimate of drug-likeness (QED) is 0.778. The summed E-state index contributed by atoms with van der Waals surface area (Å²) in [6.45, 7) is 4.07. The minimum absolute atomic E-state index is 0.313. The third-order valence-corrected chi connectivity index (χ3v) is 3.00. The van der Waals surface area contributed by atoms with Crippen LogP contribution in [0.1, 0.15) is 31.2 Å². The highest BCUT2D eigenvalue weighted by Gasteiger charge is 2.28. The van der Waals surface area contributed by atoms with Crippen LogP contribution < -0.4 is 11.1 Å². The maximum Gasteiger partial charge on any atom is 0.223 e. The van der Waals surface area contributed by atoms with Crippen LogP contribution in [0.3, 0.4) is 0 Å². The van der Waals surface area contributed by atoms with Crippen LogP contribution in [-0.4, -0.2) is 21.0 Å². The molecule has 1 aliphatic carbocycles. The van der Waals surface area contributed by atoms with Crippen LogP contribution in [0, 0.1) is 12.8 Å². The van der Waals surface area contributed by atoms with E-state index in [0.717, 1.165) is 11.6 Å². The van der Waals surface area contributed by atoms with E-state index in [1.807, 2.05) is 6.92 Å². The van der Waals surface area contributed by atoms with Gasteiger partial charge in [0.15, 0.2) is 0 Å². The van der Waals surface area contributed by atoms with E-state index in [0.29, 0.717) is 22.7 Å². The molecule has 1 fully saturated rings. The van der Waals surface area contributed by atoms with Gasteiger partial charge in [0, 0.05) is 11.7 Å². The van der Waals surface area contributed by atoms with E-state index in [1.54, 1.807) is 6.07 Å². The molecule has 4 nitrogen and oxygen atoms in total. The number of thiocarbonyl (C=S) groups is 1. The Balaban J connectivity index is 2.16. The Morgan fingerprint density at radius 3 is 2.81 bits per heavy atom. The van der Waals surface area contributed by atoms with Crippen LogP contribution in [-0.2, 0) is 0 Å². The molecule has 2 rings (SSSR count). The van der Waals surface area contributed by atoms with Gasteiger partial charge in [0.2, 0.25) is 5.95 Å². The maximum absolute atomic E-state index is 5.57. The molecule has 0 radical (unpaired) electrons. The normalized spacial score (nSPS) is 16.9. The van der Waals surface area contributed by atoms with Crippen molar-refractivity contribution in [2.24, 2.45) is 11.7 Å². The second kappa shape index (κ2) is 4.33. The van der Waals surface area contributed by atoms with E-state index in [2.05, 4.69) is 22.2 Å². The summed E-state index contributed by atoms with van der Waals surface area (Å²) in [6.07, 6.45) is 2.59. The molecule has 3 N–H and O–H groups in total. The van der Waals surface area contributed by atoms with Gasteiger partial charge in [-0.25, -0.2) is 9.97 Å². The summed E-state index contributed by atoms with van der Waals surface area (Å²) < 4.78 is 0. The maximum atomic E-state index is 5.57. The lowest BCUT2D eigenvalue weighted by atomic mass is 10.2.